The number of alkyl halides is 3. The molecule has 9 heteroatoms. The van der Waals surface area contributed by atoms with Crippen LogP contribution in [0.1, 0.15) is 0 Å². The average Bonchev–Trinajstić information content (AvgIpc) is 2.49. The Bertz CT molecular complexity index is 374. The van der Waals surface area contributed by atoms with Gasteiger partial charge in [0.15, 0.2) is 5.16 Å². The molecule has 0 saturated heterocycles. The van der Waals surface area contributed by atoms with E-state index in [4.69, 9.17) is 11.1 Å². The maximum atomic E-state index is 12.4. The van der Waals surface area contributed by atoms with Crippen LogP contribution in [0.15, 0.2) is 11.5 Å². The van der Waals surface area contributed by atoms with Crippen LogP contribution in [0.25, 0.3) is 0 Å². The lowest BCUT2D eigenvalue weighted by molar-refractivity contribution is -0.150. The Hall–Kier alpha value is -1.25. The zero-order valence-electron chi connectivity index (χ0n) is 8.32. The van der Waals surface area contributed by atoms with E-state index in [1.165, 1.54) is 11.0 Å². The minimum Gasteiger partial charge on any atom is -0.387 e. The predicted octanol–water partition coefficient (Wildman–Crippen LogP) is 1.02. The van der Waals surface area contributed by atoms with Gasteiger partial charge in [0, 0.05) is 12.8 Å². The van der Waals surface area contributed by atoms with Gasteiger partial charge in [0.1, 0.15) is 18.1 Å². The van der Waals surface area contributed by atoms with E-state index in [0.29, 0.717) is 5.16 Å². The van der Waals surface area contributed by atoms with Crippen LogP contribution in [-0.2, 0) is 7.05 Å². The predicted molar refractivity (Wildman–Crippen MR) is 53.2 cm³/mol. The monoisotopic (exact) mass is 253 g/mol. The van der Waals surface area contributed by atoms with Gasteiger partial charge in [0.25, 0.3) is 0 Å². The molecule has 0 amide bonds. The lowest BCUT2D eigenvalue weighted by atomic mass is 10.1. The highest BCUT2D eigenvalue weighted by Gasteiger charge is 2.41. The Morgan fingerprint density at radius 3 is 2.69 bits per heavy atom. The first-order chi connectivity index (χ1) is 7.32. The summed E-state index contributed by atoms with van der Waals surface area (Å²) >= 11 is 0.866. The van der Waals surface area contributed by atoms with Crippen molar-refractivity contribution < 1.29 is 13.2 Å². The lowest BCUT2D eigenvalue weighted by Crippen LogP contribution is -2.37. The van der Waals surface area contributed by atoms with Gasteiger partial charge in [-0.15, -0.1) is 0 Å². The summed E-state index contributed by atoms with van der Waals surface area (Å²) in [4.78, 5) is 3.77. The molecule has 0 spiro atoms. The summed E-state index contributed by atoms with van der Waals surface area (Å²) in [7, 11) is 1.58. The molecule has 0 aliphatic rings. The van der Waals surface area contributed by atoms with E-state index in [1.807, 2.05) is 0 Å². The first kappa shape index (κ1) is 12.8. The van der Waals surface area contributed by atoms with Crippen LogP contribution < -0.4 is 5.73 Å². The maximum Gasteiger partial charge on any atom is 0.399 e. The molecular formula is C7H10F3N5S. The van der Waals surface area contributed by atoms with Gasteiger partial charge >= 0.3 is 6.18 Å². The highest BCUT2D eigenvalue weighted by molar-refractivity contribution is 7.99. The fourth-order valence-corrected chi connectivity index (χ4v) is 1.97. The Kier molecular flexibility index (Phi) is 3.79. The van der Waals surface area contributed by atoms with Crippen molar-refractivity contribution in [3.8, 4) is 0 Å². The molecule has 0 fully saturated rings. The third-order valence-electron chi connectivity index (χ3n) is 1.82. The number of nitrogens with two attached hydrogens (primary N) is 1. The number of hydrogen-bond acceptors (Lipinski definition) is 4. The first-order valence-electron chi connectivity index (χ1n) is 4.19. The van der Waals surface area contributed by atoms with E-state index in [9.17, 15) is 13.2 Å². The molecule has 0 aliphatic heterocycles. The van der Waals surface area contributed by atoms with Crippen molar-refractivity contribution in [2.75, 3.05) is 5.75 Å². The molecule has 5 nitrogen and oxygen atoms in total. The number of hydrogen-bond donors (Lipinski definition) is 2. The van der Waals surface area contributed by atoms with Crippen LogP contribution >= 0.6 is 11.8 Å². The molecule has 1 heterocycles. The van der Waals surface area contributed by atoms with Gasteiger partial charge in [0.05, 0.1) is 0 Å². The van der Waals surface area contributed by atoms with E-state index in [2.05, 4.69) is 10.1 Å². The summed E-state index contributed by atoms with van der Waals surface area (Å²) < 4.78 is 38.6. The molecule has 3 N–H and O–H groups in total. The number of nitrogens with zero attached hydrogens (tertiary/aromatic N) is 3. The molecule has 0 bridgehead atoms. The molecule has 0 saturated carbocycles. The SMILES string of the molecule is Cn1ncnc1SCC(C(=N)N)C(F)(F)F. The van der Waals surface area contributed by atoms with E-state index >= 15 is 0 Å². The van der Waals surface area contributed by atoms with Gasteiger partial charge in [0.2, 0.25) is 0 Å². The number of halogens is 3. The van der Waals surface area contributed by atoms with E-state index in [1.54, 1.807) is 7.05 Å². The zero-order chi connectivity index (χ0) is 12.3. The van der Waals surface area contributed by atoms with Crippen LogP contribution in [0.4, 0.5) is 13.2 Å². The van der Waals surface area contributed by atoms with E-state index in [-0.39, 0.29) is 5.75 Å². The quantitative estimate of drug-likeness (QED) is 0.477. The Labute approximate surface area is 93.7 Å². The highest BCUT2D eigenvalue weighted by atomic mass is 32.2. The van der Waals surface area contributed by atoms with Crippen LogP contribution in [0.2, 0.25) is 0 Å². The number of aromatic nitrogens is 3. The molecular weight excluding hydrogens is 243 g/mol. The van der Waals surface area contributed by atoms with Gasteiger partial charge in [-0.2, -0.15) is 18.3 Å². The van der Waals surface area contributed by atoms with Crippen LogP contribution in [0, 0.1) is 11.3 Å². The number of amidine groups is 1. The van der Waals surface area contributed by atoms with E-state index < -0.39 is 17.9 Å². The third kappa shape index (κ3) is 3.12. The molecule has 1 rings (SSSR count). The Balaban J connectivity index is 2.65. The number of rotatable bonds is 4. The second-order valence-electron chi connectivity index (χ2n) is 3.03. The molecule has 1 atom stereocenters. The normalized spacial score (nSPS) is 13.8. The summed E-state index contributed by atoms with van der Waals surface area (Å²) in [6.45, 7) is 0. The summed E-state index contributed by atoms with van der Waals surface area (Å²) in [5.41, 5.74) is 4.91. The third-order valence-corrected chi connectivity index (χ3v) is 2.95. The number of aryl methyl sites for hydroxylation is 1. The van der Waals surface area contributed by atoms with Crippen molar-refractivity contribution in [3.63, 3.8) is 0 Å². The van der Waals surface area contributed by atoms with Crippen LogP contribution in [-0.4, -0.2) is 32.5 Å². The molecule has 0 radical (unpaired) electrons. The van der Waals surface area contributed by atoms with Gasteiger partial charge in [-0.3, -0.25) is 5.41 Å². The molecule has 1 unspecified atom stereocenters. The highest BCUT2D eigenvalue weighted by Crippen LogP contribution is 2.30. The molecule has 0 aliphatic carbocycles. The summed E-state index contributed by atoms with van der Waals surface area (Å²) in [5, 5.41) is 11.0. The summed E-state index contributed by atoms with van der Waals surface area (Å²) in [6, 6.07) is 0. The lowest BCUT2D eigenvalue weighted by Gasteiger charge is -2.17. The number of thioether (sulfide) groups is 1. The summed E-state index contributed by atoms with van der Waals surface area (Å²) in [5.74, 6) is -3.21. The Morgan fingerprint density at radius 1 is 1.69 bits per heavy atom. The molecule has 0 aromatic carbocycles. The second-order valence-corrected chi connectivity index (χ2v) is 4.01. The zero-order valence-corrected chi connectivity index (χ0v) is 9.14. The fourth-order valence-electron chi connectivity index (χ4n) is 0.935. The largest absolute Gasteiger partial charge is 0.399 e. The van der Waals surface area contributed by atoms with Crippen molar-refractivity contribution in [1.29, 1.82) is 5.41 Å². The molecule has 16 heavy (non-hydrogen) atoms. The van der Waals surface area contributed by atoms with Crippen molar-refractivity contribution in [1.82, 2.24) is 14.8 Å². The number of nitrogens with one attached hydrogen (secondary N) is 1. The first-order valence-corrected chi connectivity index (χ1v) is 5.18. The van der Waals surface area contributed by atoms with Crippen molar-refractivity contribution >= 4 is 17.6 Å². The van der Waals surface area contributed by atoms with Crippen LogP contribution in [0.3, 0.4) is 0 Å². The second kappa shape index (κ2) is 4.73. The fraction of sp³-hybridized carbons (Fsp3) is 0.571. The van der Waals surface area contributed by atoms with Crippen molar-refractivity contribution in [2.45, 2.75) is 11.3 Å². The van der Waals surface area contributed by atoms with Crippen molar-refractivity contribution in [2.24, 2.45) is 18.7 Å². The average molecular weight is 253 g/mol. The molecule has 1 aromatic rings. The van der Waals surface area contributed by atoms with Crippen LogP contribution in [0.5, 0.6) is 0 Å². The van der Waals surface area contributed by atoms with E-state index in [0.717, 1.165) is 11.8 Å². The van der Waals surface area contributed by atoms with Gasteiger partial charge in [-0.05, 0) is 0 Å². The van der Waals surface area contributed by atoms with Gasteiger partial charge in [-0.25, -0.2) is 9.67 Å². The topological polar surface area (TPSA) is 80.6 Å². The Morgan fingerprint density at radius 2 is 2.31 bits per heavy atom. The van der Waals surface area contributed by atoms with Crippen molar-refractivity contribution in [3.05, 3.63) is 6.33 Å². The smallest absolute Gasteiger partial charge is 0.387 e. The molecule has 90 valence electrons. The standard InChI is InChI=1S/C7H10F3N5S/c1-15-6(13-3-14-15)16-2-4(5(11)12)7(8,9)10/h3-4H,2H2,1H3,(H3,11,12). The van der Waals surface area contributed by atoms with Gasteiger partial charge in [-0.1, -0.05) is 11.8 Å². The van der Waals surface area contributed by atoms with Gasteiger partial charge < -0.3 is 5.73 Å². The maximum absolute atomic E-state index is 12.4. The minimum atomic E-state index is -4.50. The molecule has 1 aromatic heterocycles. The minimum absolute atomic E-state index is 0.357. The summed E-state index contributed by atoms with van der Waals surface area (Å²) in [6.07, 6.45) is -3.25.